The second-order valence-electron chi connectivity index (χ2n) is 4.42. The van der Waals surface area contributed by atoms with Gasteiger partial charge in [-0.15, -0.1) is 0 Å². The summed E-state index contributed by atoms with van der Waals surface area (Å²) in [6, 6.07) is 5.59. The van der Waals surface area contributed by atoms with Crippen molar-refractivity contribution in [3.05, 3.63) is 23.5 Å². The highest BCUT2D eigenvalue weighted by Gasteiger charge is 2.16. The molecule has 1 aromatic carbocycles. The number of hydrogen-bond acceptors (Lipinski definition) is 6. The van der Waals surface area contributed by atoms with Crippen molar-refractivity contribution >= 4 is 11.6 Å². The minimum Gasteiger partial charge on any atom is -0.493 e. The Morgan fingerprint density at radius 2 is 1.81 bits per heavy atom. The lowest BCUT2D eigenvalue weighted by atomic mass is 10.1. The molecule has 1 heterocycles. The molecule has 0 unspecified atom stereocenters. The summed E-state index contributed by atoms with van der Waals surface area (Å²) in [5.74, 6) is 1.47. The van der Waals surface area contributed by atoms with Gasteiger partial charge in [0.2, 0.25) is 5.28 Å². The van der Waals surface area contributed by atoms with Crippen LogP contribution in [0.15, 0.2) is 18.2 Å². The first-order valence-electron chi connectivity index (χ1n) is 6.34. The lowest BCUT2D eigenvalue weighted by Crippen LogP contribution is -2.10. The van der Waals surface area contributed by atoms with Crippen molar-refractivity contribution < 1.29 is 14.2 Å². The standard InChI is InChI=1S/C14H16ClN3O3/c1-8(2)21-14-17-12(16-13(15)18-14)9-6-5-7-10(19-3)11(9)20-4/h5-8H,1-4H3. The van der Waals surface area contributed by atoms with Gasteiger partial charge in [0.05, 0.1) is 25.9 Å². The lowest BCUT2D eigenvalue weighted by molar-refractivity contribution is 0.222. The fourth-order valence-electron chi connectivity index (χ4n) is 1.78. The van der Waals surface area contributed by atoms with E-state index in [9.17, 15) is 0 Å². The minimum absolute atomic E-state index is 0.0560. The third kappa shape index (κ3) is 3.52. The summed E-state index contributed by atoms with van der Waals surface area (Å²) in [5, 5.41) is 0.0560. The molecule has 0 aliphatic carbocycles. The number of halogens is 1. The van der Waals surface area contributed by atoms with Crippen LogP contribution in [0.25, 0.3) is 11.4 Å². The average molecular weight is 310 g/mol. The van der Waals surface area contributed by atoms with Gasteiger partial charge in [0.25, 0.3) is 0 Å². The molecule has 7 heteroatoms. The Kier molecular flexibility index (Phi) is 4.80. The molecular formula is C14H16ClN3O3. The van der Waals surface area contributed by atoms with Gasteiger partial charge in [-0.25, -0.2) is 0 Å². The van der Waals surface area contributed by atoms with Gasteiger partial charge in [0, 0.05) is 0 Å². The number of nitrogens with zero attached hydrogens (tertiary/aromatic N) is 3. The molecule has 112 valence electrons. The van der Waals surface area contributed by atoms with Crippen molar-refractivity contribution in [3.63, 3.8) is 0 Å². The molecule has 0 saturated carbocycles. The van der Waals surface area contributed by atoms with E-state index >= 15 is 0 Å². The predicted molar refractivity (Wildman–Crippen MR) is 79.1 cm³/mol. The first-order chi connectivity index (χ1) is 10.0. The summed E-state index contributed by atoms with van der Waals surface area (Å²) in [6.07, 6.45) is -0.0662. The third-order valence-corrected chi connectivity index (χ3v) is 2.74. The summed E-state index contributed by atoms with van der Waals surface area (Å²) >= 11 is 5.94. The number of hydrogen-bond donors (Lipinski definition) is 0. The molecular weight excluding hydrogens is 294 g/mol. The molecule has 0 aliphatic heterocycles. The van der Waals surface area contributed by atoms with Gasteiger partial charge in [0.1, 0.15) is 0 Å². The number of rotatable bonds is 5. The van der Waals surface area contributed by atoms with Crippen LogP contribution in [-0.4, -0.2) is 35.3 Å². The van der Waals surface area contributed by atoms with E-state index in [1.165, 1.54) is 0 Å². The van der Waals surface area contributed by atoms with Crippen LogP contribution < -0.4 is 14.2 Å². The van der Waals surface area contributed by atoms with Crippen molar-refractivity contribution in [1.82, 2.24) is 15.0 Å². The number of methoxy groups -OCH3 is 2. The molecule has 0 fully saturated rings. The van der Waals surface area contributed by atoms with Crippen molar-refractivity contribution in [2.45, 2.75) is 20.0 Å². The second kappa shape index (κ2) is 6.58. The molecule has 0 N–H and O–H groups in total. The van der Waals surface area contributed by atoms with Crippen LogP contribution in [0.3, 0.4) is 0 Å². The highest BCUT2D eigenvalue weighted by Crippen LogP contribution is 2.36. The van der Waals surface area contributed by atoms with E-state index in [-0.39, 0.29) is 17.4 Å². The summed E-state index contributed by atoms with van der Waals surface area (Å²) < 4.78 is 16.1. The van der Waals surface area contributed by atoms with Gasteiger partial charge in [-0.3, -0.25) is 0 Å². The molecule has 0 spiro atoms. The molecule has 6 nitrogen and oxygen atoms in total. The maximum absolute atomic E-state index is 5.94. The topological polar surface area (TPSA) is 66.4 Å². The number of ether oxygens (including phenoxy) is 3. The van der Waals surface area contributed by atoms with Crippen LogP contribution in [-0.2, 0) is 0 Å². The van der Waals surface area contributed by atoms with E-state index in [2.05, 4.69) is 15.0 Å². The Hall–Kier alpha value is -2.08. The molecule has 2 aromatic rings. The van der Waals surface area contributed by atoms with Gasteiger partial charge in [-0.2, -0.15) is 15.0 Å². The summed E-state index contributed by atoms with van der Waals surface area (Å²) in [5.41, 5.74) is 0.648. The molecule has 0 aliphatic rings. The van der Waals surface area contributed by atoms with E-state index in [0.29, 0.717) is 22.9 Å². The Bertz CT molecular complexity index is 635. The molecule has 0 atom stereocenters. The van der Waals surface area contributed by atoms with Crippen molar-refractivity contribution in [2.24, 2.45) is 0 Å². The lowest BCUT2D eigenvalue weighted by Gasteiger charge is -2.13. The normalized spacial score (nSPS) is 10.6. The first kappa shape index (κ1) is 15.3. The van der Waals surface area contributed by atoms with Crippen molar-refractivity contribution in [1.29, 1.82) is 0 Å². The van der Waals surface area contributed by atoms with Crippen molar-refractivity contribution in [3.8, 4) is 28.9 Å². The molecule has 0 bridgehead atoms. The van der Waals surface area contributed by atoms with Crippen LogP contribution in [0.5, 0.6) is 17.5 Å². The number of aromatic nitrogens is 3. The number of para-hydroxylation sites is 1. The van der Waals surface area contributed by atoms with Gasteiger partial charge in [-0.1, -0.05) is 6.07 Å². The van der Waals surface area contributed by atoms with Crippen LogP contribution in [0.1, 0.15) is 13.8 Å². The van der Waals surface area contributed by atoms with Gasteiger partial charge in [0.15, 0.2) is 17.3 Å². The van der Waals surface area contributed by atoms with Gasteiger partial charge >= 0.3 is 6.01 Å². The van der Waals surface area contributed by atoms with Crippen molar-refractivity contribution in [2.75, 3.05) is 14.2 Å². The van der Waals surface area contributed by atoms with E-state index in [0.717, 1.165) is 0 Å². The second-order valence-corrected chi connectivity index (χ2v) is 4.76. The molecule has 2 rings (SSSR count). The SMILES string of the molecule is COc1cccc(-c2nc(Cl)nc(OC(C)C)n2)c1OC. The number of benzene rings is 1. The highest BCUT2D eigenvalue weighted by atomic mass is 35.5. The zero-order valence-electron chi connectivity index (χ0n) is 12.3. The first-order valence-corrected chi connectivity index (χ1v) is 6.72. The summed E-state index contributed by atoms with van der Waals surface area (Å²) in [6.45, 7) is 3.76. The molecule has 0 saturated heterocycles. The Morgan fingerprint density at radius 1 is 1.05 bits per heavy atom. The van der Waals surface area contributed by atoms with Crippen LogP contribution in [0.4, 0.5) is 0 Å². The summed E-state index contributed by atoms with van der Waals surface area (Å²) in [7, 11) is 3.12. The van der Waals surface area contributed by atoms with Gasteiger partial charge in [-0.05, 0) is 37.6 Å². The minimum atomic E-state index is -0.0662. The quantitative estimate of drug-likeness (QED) is 0.846. The van der Waals surface area contributed by atoms with E-state index in [1.54, 1.807) is 20.3 Å². The van der Waals surface area contributed by atoms with E-state index in [1.807, 2.05) is 26.0 Å². The molecule has 0 amide bonds. The smallest absolute Gasteiger partial charge is 0.321 e. The van der Waals surface area contributed by atoms with Crippen LogP contribution >= 0.6 is 11.6 Å². The predicted octanol–water partition coefficient (Wildman–Crippen LogP) is 3.00. The maximum atomic E-state index is 5.94. The molecule has 0 radical (unpaired) electrons. The Morgan fingerprint density at radius 3 is 2.43 bits per heavy atom. The van der Waals surface area contributed by atoms with E-state index < -0.39 is 0 Å². The Balaban J connectivity index is 2.53. The average Bonchev–Trinajstić information content (AvgIpc) is 2.44. The zero-order valence-corrected chi connectivity index (χ0v) is 13.0. The maximum Gasteiger partial charge on any atom is 0.321 e. The molecule has 21 heavy (non-hydrogen) atoms. The Labute approximate surface area is 128 Å². The summed E-state index contributed by atoms with van der Waals surface area (Å²) in [4.78, 5) is 12.3. The highest BCUT2D eigenvalue weighted by molar-refractivity contribution is 6.28. The monoisotopic (exact) mass is 309 g/mol. The molecule has 1 aromatic heterocycles. The van der Waals surface area contributed by atoms with E-state index in [4.69, 9.17) is 25.8 Å². The fourth-order valence-corrected chi connectivity index (χ4v) is 1.93. The van der Waals surface area contributed by atoms with Crippen LogP contribution in [0.2, 0.25) is 5.28 Å². The third-order valence-electron chi connectivity index (χ3n) is 2.57. The largest absolute Gasteiger partial charge is 0.493 e. The fraction of sp³-hybridized carbons (Fsp3) is 0.357. The zero-order chi connectivity index (χ0) is 15.4. The van der Waals surface area contributed by atoms with Gasteiger partial charge < -0.3 is 14.2 Å². The van der Waals surface area contributed by atoms with Crippen LogP contribution in [0, 0.1) is 0 Å².